The molecule has 0 bridgehead atoms. The fourth-order valence-electron chi connectivity index (χ4n) is 1.79. The van der Waals surface area contributed by atoms with E-state index in [-0.39, 0.29) is 0 Å². The molecule has 0 radical (unpaired) electrons. The number of hydrogen-bond donors (Lipinski definition) is 0. The number of allylic oxidation sites excluding steroid dienone is 13. The molecule has 0 saturated heterocycles. The van der Waals surface area contributed by atoms with Gasteiger partial charge in [0.05, 0.1) is 0 Å². The van der Waals surface area contributed by atoms with Crippen molar-refractivity contribution in [2.75, 3.05) is 0 Å². The Balaban J connectivity index is 6.40. The highest BCUT2D eigenvalue weighted by atomic mass is 15.2. The average Bonchev–Trinajstić information content (AvgIpc) is 2.56. The molecule has 0 aliphatic rings. The zero-order valence-electron chi connectivity index (χ0n) is 13.7. The van der Waals surface area contributed by atoms with Crippen molar-refractivity contribution in [1.82, 2.24) is 4.90 Å². The summed E-state index contributed by atoms with van der Waals surface area (Å²) in [5.74, 6) is 0. The van der Waals surface area contributed by atoms with Crippen LogP contribution in [0.5, 0.6) is 0 Å². The molecule has 0 atom stereocenters. The lowest BCUT2D eigenvalue weighted by Crippen LogP contribution is -2.19. The summed E-state index contributed by atoms with van der Waals surface area (Å²) in [4.78, 5) is 2.01. The summed E-state index contributed by atoms with van der Waals surface area (Å²) in [5.41, 5.74) is 2.66. The van der Waals surface area contributed by atoms with E-state index in [4.69, 9.17) is 0 Å². The van der Waals surface area contributed by atoms with E-state index in [1.165, 1.54) is 0 Å². The average molecular weight is 303 g/mol. The second-order valence-electron chi connectivity index (χ2n) is 4.21. The Labute approximate surface area is 141 Å². The lowest BCUT2D eigenvalue weighted by molar-refractivity contribution is 0.578. The topological polar surface area (TPSA) is 3.24 Å². The largest absolute Gasteiger partial charge is 0.311 e. The molecule has 0 rings (SSSR count). The van der Waals surface area contributed by atoms with Gasteiger partial charge in [0, 0.05) is 17.1 Å². The van der Waals surface area contributed by atoms with Gasteiger partial charge in [-0.25, -0.2) is 0 Å². The van der Waals surface area contributed by atoms with Crippen molar-refractivity contribution in [2.45, 2.75) is 0 Å². The molecule has 0 amide bonds. The van der Waals surface area contributed by atoms with E-state index in [1.807, 2.05) is 47.4 Å². The minimum Gasteiger partial charge on any atom is -0.311 e. The Bertz CT molecular complexity index is 564. The van der Waals surface area contributed by atoms with Crippen molar-refractivity contribution < 1.29 is 0 Å². The van der Waals surface area contributed by atoms with Gasteiger partial charge in [0.25, 0.3) is 0 Å². The normalized spacial score (nSPS) is 13.0. The van der Waals surface area contributed by atoms with Crippen LogP contribution in [0.4, 0.5) is 0 Å². The molecule has 1 nitrogen and oxygen atoms in total. The molecule has 0 aromatic rings. The van der Waals surface area contributed by atoms with Gasteiger partial charge in [-0.15, -0.1) is 0 Å². The molecule has 0 unspecified atom stereocenters. The van der Waals surface area contributed by atoms with Gasteiger partial charge in [0.15, 0.2) is 0 Å². The van der Waals surface area contributed by atoms with Gasteiger partial charge in [-0.2, -0.15) is 0 Å². The van der Waals surface area contributed by atoms with Gasteiger partial charge in [-0.05, 0) is 36.5 Å². The first kappa shape index (κ1) is 19.9. The zero-order chi connectivity index (χ0) is 17.5. The first-order chi connectivity index (χ1) is 11.2. The van der Waals surface area contributed by atoms with Gasteiger partial charge in [-0.3, -0.25) is 0 Å². The summed E-state index contributed by atoms with van der Waals surface area (Å²) in [6, 6.07) is 0. The van der Waals surface area contributed by atoms with Crippen LogP contribution in [-0.2, 0) is 0 Å². The fourth-order valence-corrected chi connectivity index (χ4v) is 1.79. The highest BCUT2D eigenvalue weighted by Crippen LogP contribution is 2.24. The minimum absolute atomic E-state index is 0.864. The maximum atomic E-state index is 3.89. The predicted molar refractivity (Wildman–Crippen MR) is 106 cm³/mol. The van der Waals surface area contributed by atoms with E-state index >= 15 is 0 Å². The SMILES string of the molecule is C=C/C=C\C(=C/C=C)N(/C(C=C)=C/C=C)C(/C=C\C=C)=C/C=C. The van der Waals surface area contributed by atoms with Crippen molar-refractivity contribution in [2.24, 2.45) is 0 Å². The number of hydrogen-bond acceptors (Lipinski definition) is 1. The molecule has 0 aliphatic carbocycles. The lowest BCUT2D eigenvalue weighted by atomic mass is 10.2. The molecule has 0 saturated carbocycles. The third-order valence-corrected chi connectivity index (χ3v) is 2.66. The lowest BCUT2D eigenvalue weighted by Gasteiger charge is -2.28. The second-order valence-corrected chi connectivity index (χ2v) is 4.21. The van der Waals surface area contributed by atoms with Gasteiger partial charge >= 0.3 is 0 Å². The molecule has 0 spiro atoms. The molecule has 118 valence electrons. The summed E-state index contributed by atoms with van der Waals surface area (Å²) in [5, 5.41) is 0. The molecular weight excluding hydrogens is 278 g/mol. The van der Waals surface area contributed by atoms with Crippen molar-refractivity contribution in [3.8, 4) is 0 Å². The highest BCUT2D eigenvalue weighted by Gasteiger charge is 2.13. The van der Waals surface area contributed by atoms with Gasteiger partial charge in [0.1, 0.15) is 0 Å². The van der Waals surface area contributed by atoms with Crippen molar-refractivity contribution in [3.05, 3.63) is 136 Å². The predicted octanol–water partition coefficient (Wildman–Crippen LogP) is 6.17. The van der Waals surface area contributed by atoms with Crippen LogP contribution in [0.2, 0.25) is 0 Å². The Hall–Kier alpha value is -3.06. The molecule has 0 aromatic heterocycles. The summed E-state index contributed by atoms with van der Waals surface area (Å²) < 4.78 is 0. The molecule has 0 N–H and O–H groups in total. The smallest absolute Gasteiger partial charge is 0.0461 e. The quantitative estimate of drug-likeness (QED) is 0.413. The van der Waals surface area contributed by atoms with Gasteiger partial charge in [-0.1, -0.05) is 82.0 Å². The van der Waals surface area contributed by atoms with Crippen LogP contribution in [0.3, 0.4) is 0 Å². The summed E-state index contributed by atoms with van der Waals surface area (Å²) in [6.45, 7) is 22.7. The summed E-state index contributed by atoms with van der Waals surface area (Å²) in [7, 11) is 0. The summed E-state index contributed by atoms with van der Waals surface area (Å²) in [6.07, 6.45) is 23.7. The zero-order valence-corrected chi connectivity index (χ0v) is 13.7. The first-order valence-corrected chi connectivity index (χ1v) is 7.19. The van der Waals surface area contributed by atoms with Crippen LogP contribution in [-0.4, -0.2) is 4.90 Å². The van der Waals surface area contributed by atoms with Crippen LogP contribution in [0.25, 0.3) is 0 Å². The van der Waals surface area contributed by atoms with E-state index < -0.39 is 0 Å². The Morgan fingerprint density at radius 1 is 0.522 bits per heavy atom. The van der Waals surface area contributed by atoms with E-state index in [9.17, 15) is 0 Å². The molecule has 0 aromatic carbocycles. The van der Waals surface area contributed by atoms with Crippen molar-refractivity contribution in [1.29, 1.82) is 0 Å². The first-order valence-electron chi connectivity index (χ1n) is 7.19. The van der Waals surface area contributed by atoms with E-state index in [0.29, 0.717) is 0 Å². The van der Waals surface area contributed by atoms with Crippen LogP contribution >= 0.6 is 0 Å². The molecule has 0 heterocycles. The maximum Gasteiger partial charge on any atom is 0.0461 e. The second kappa shape index (κ2) is 12.7. The Morgan fingerprint density at radius 2 is 0.913 bits per heavy atom. The third kappa shape index (κ3) is 6.96. The standard InChI is InChI=1S/C22H25N/c1-7-13-18-21(16-10-4)23(20(12-6)15-9-3)22(17-11-5)19-14-8-2/h7-19H,1-6H2/b18-13-,19-14-,20-15+,21-16+,22-17+. The van der Waals surface area contributed by atoms with Crippen LogP contribution < -0.4 is 0 Å². The van der Waals surface area contributed by atoms with Crippen molar-refractivity contribution in [3.63, 3.8) is 0 Å². The Morgan fingerprint density at radius 3 is 1.22 bits per heavy atom. The Kier molecular flexibility index (Phi) is 11.0. The molecule has 0 fully saturated rings. The molecular formula is C22H25N. The van der Waals surface area contributed by atoms with Gasteiger partial charge in [0.2, 0.25) is 0 Å². The van der Waals surface area contributed by atoms with Crippen LogP contribution in [0, 0.1) is 0 Å². The third-order valence-electron chi connectivity index (χ3n) is 2.66. The molecule has 23 heavy (non-hydrogen) atoms. The maximum absolute atomic E-state index is 3.89. The van der Waals surface area contributed by atoms with E-state index in [2.05, 4.69) is 39.5 Å². The van der Waals surface area contributed by atoms with Crippen molar-refractivity contribution >= 4 is 0 Å². The van der Waals surface area contributed by atoms with E-state index in [0.717, 1.165) is 17.1 Å². The van der Waals surface area contributed by atoms with Gasteiger partial charge < -0.3 is 4.90 Å². The molecule has 0 aliphatic heterocycles. The van der Waals surface area contributed by atoms with E-state index in [1.54, 1.807) is 36.5 Å². The van der Waals surface area contributed by atoms with Crippen LogP contribution in [0.1, 0.15) is 0 Å². The number of rotatable bonds is 11. The molecule has 1 heteroatoms. The monoisotopic (exact) mass is 303 g/mol. The number of nitrogens with zero attached hydrogens (tertiary/aromatic N) is 1. The summed E-state index contributed by atoms with van der Waals surface area (Å²) >= 11 is 0. The highest BCUT2D eigenvalue weighted by molar-refractivity contribution is 5.41. The fraction of sp³-hybridized carbons (Fsp3) is 0. The minimum atomic E-state index is 0.864. The van der Waals surface area contributed by atoms with Crippen LogP contribution in [0.15, 0.2) is 136 Å².